The van der Waals surface area contributed by atoms with Gasteiger partial charge in [-0.25, -0.2) is 9.18 Å². The van der Waals surface area contributed by atoms with Gasteiger partial charge in [0.05, 0.1) is 18.3 Å². The molecule has 0 saturated carbocycles. The van der Waals surface area contributed by atoms with Gasteiger partial charge in [0.25, 0.3) is 0 Å². The number of benzene rings is 1. The molecule has 2 N–H and O–H groups in total. The molecule has 0 radical (unpaired) electrons. The molecule has 1 heterocycles. The molecule has 8 heteroatoms. The van der Waals surface area contributed by atoms with Crippen LogP contribution in [0.2, 0.25) is 0 Å². The van der Waals surface area contributed by atoms with E-state index in [4.69, 9.17) is 4.74 Å². The molecule has 0 aliphatic rings. The van der Waals surface area contributed by atoms with E-state index >= 15 is 0 Å². The Bertz CT molecular complexity index is 1180. The topological polar surface area (TPSA) is 83.8 Å². The van der Waals surface area contributed by atoms with Crippen molar-refractivity contribution in [2.45, 2.75) is 34.2 Å². The van der Waals surface area contributed by atoms with Crippen LogP contribution in [0.1, 0.15) is 38.1 Å². The monoisotopic (exact) mass is 501 g/mol. The number of likely N-dealkylation sites (N-methyl/N-ethyl adjacent to an activating group) is 1. The Balaban J connectivity index is 0.00000227. The smallest absolute Gasteiger partial charge is 0.341 e. The average Bonchev–Trinajstić information content (AvgIpc) is 2.82. The lowest BCUT2D eigenvalue weighted by Crippen LogP contribution is -2.23. The fraction of sp³-hybridized carbons (Fsp3) is 0.357. The number of methoxy groups -OCH3 is 1. The maximum atomic E-state index is 15.0. The summed E-state index contributed by atoms with van der Waals surface area (Å²) in [5.41, 5.74) is 1.40. The highest BCUT2D eigenvalue weighted by molar-refractivity contribution is 5.93. The van der Waals surface area contributed by atoms with Crippen molar-refractivity contribution in [3.63, 3.8) is 0 Å². The Kier molecular flexibility index (Phi) is 14.5. The molecular weight excluding hydrogens is 461 g/mol. The van der Waals surface area contributed by atoms with Crippen molar-refractivity contribution in [2.24, 2.45) is 0 Å². The van der Waals surface area contributed by atoms with Gasteiger partial charge in [0.2, 0.25) is 5.43 Å². The maximum Gasteiger partial charge on any atom is 0.341 e. The molecule has 0 spiro atoms. The minimum absolute atomic E-state index is 0.0148. The van der Waals surface area contributed by atoms with Crippen LogP contribution in [-0.4, -0.2) is 50.4 Å². The van der Waals surface area contributed by atoms with Gasteiger partial charge in [-0.1, -0.05) is 50.3 Å². The van der Waals surface area contributed by atoms with Crippen LogP contribution in [0.4, 0.5) is 10.1 Å². The van der Waals surface area contributed by atoms with E-state index in [1.165, 1.54) is 13.3 Å². The number of nitrogens with zero attached hydrogens (tertiary/aromatic N) is 2. The van der Waals surface area contributed by atoms with Gasteiger partial charge in [-0.05, 0) is 46.2 Å². The van der Waals surface area contributed by atoms with Gasteiger partial charge < -0.3 is 24.6 Å². The Morgan fingerprint density at radius 1 is 1.25 bits per heavy atom. The third-order valence-corrected chi connectivity index (χ3v) is 4.77. The lowest BCUT2D eigenvalue weighted by atomic mass is 10.1. The number of pyridine rings is 1. The Labute approximate surface area is 213 Å². The van der Waals surface area contributed by atoms with Crippen LogP contribution >= 0.6 is 0 Å². The minimum atomic E-state index is -1.35. The maximum absolute atomic E-state index is 15.0. The van der Waals surface area contributed by atoms with Crippen molar-refractivity contribution in [1.29, 1.82) is 0 Å². The zero-order valence-electron chi connectivity index (χ0n) is 22.7. The summed E-state index contributed by atoms with van der Waals surface area (Å²) in [5.74, 6) is -1.48. The van der Waals surface area contributed by atoms with Crippen molar-refractivity contribution in [3.05, 3.63) is 88.2 Å². The van der Waals surface area contributed by atoms with Gasteiger partial charge in [0.1, 0.15) is 17.1 Å². The number of halogens is 1. The standard InChI is InChI=1S/C24H27FN2O4.C2H7N.C2H6/c1-7-8-15(2)13-27-14-19(24(29)30)23(28)18-10-20(25)22(11-21(18)27)26(5)12-16(3)9-17(4)31-6;1-3-2;1-2/h7-11,14H,1,4,12-13H2,2-3,5-6H3,(H,29,30);3H,1-2H3;1-2H3/b15-8+,16-9+;;. The number of fused-ring (bicyclic) bond motifs is 1. The van der Waals surface area contributed by atoms with Gasteiger partial charge in [-0.2, -0.15) is 0 Å². The van der Waals surface area contributed by atoms with Crippen LogP contribution in [0.25, 0.3) is 10.9 Å². The van der Waals surface area contributed by atoms with Crippen LogP contribution in [0.5, 0.6) is 0 Å². The highest BCUT2D eigenvalue weighted by Gasteiger charge is 2.18. The van der Waals surface area contributed by atoms with Gasteiger partial charge in [0, 0.05) is 31.7 Å². The summed E-state index contributed by atoms with van der Waals surface area (Å²) in [7, 11) is 7.00. The van der Waals surface area contributed by atoms with E-state index in [1.807, 2.05) is 41.8 Å². The van der Waals surface area contributed by atoms with Crippen molar-refractivity contribution >= 4 is 22.6 Å². The summed E-state index contributed by atoms with van der Waals surface area (Å²) >= 11 is 0. The summed E-state index contributed by atoms with van der Waals surface area (Å²) < 4.78 is 21.6. The van der Waals surface area contributed by atoms with Gasteiger partial charge in [-0.15, -0.1) is 0 Å². The summed E-state index contributed by atoms with van der Waals surface area (Å²) in [6.45, 7) is 15.9. The third-order valence-electron chi connectivity index (χ3n) is 4.77. The quantitative estimate of drug-likeness (QED) is 0.355. The molecule has 0 saturated heterocycles. The van der Waals surface area contributed by atoms with Crippen LogP contribution in [0, 0.1) is 5.82 Å². The Morgan fingerprint density at radius 2 is 1.83 bits per heavy atom. The number of rotatable bonds is 9. The predicted molar refractivity (Wildman–Crippen MR) is 149 cm³/mol. The number of hydrogen-bond acceptors (Lipinski definition) is 5. The Morgan fingerprint density at radius 3 is 2.33 bits per heavy atom. The first-order valence-electron chi connectivity index (χ1n) is 11.6. The number of hydrogen-bond donors (Lipinski definition) is 2. The number of allylic oxidation sites excluding steroid dienone is 4. The number of carboxylic acid groups (broad SMARTS) is 1. The fourth-order valence-electron chi connectivity index (χ4n) is 3.34. The highest BCUT2D eigenvalue weighted by atomic mass is 19.1. The van der Waals surface area contributed by atoms with Crippen LogP contribution in [0.3, 0.4) is 0 Å². The zero-order chi connectivity index (χ0) is 28.0. The molecule has 0 aliphatic carbocycles. The second-order valence-electron chi connectivity index (χ2n) is 7.89. The molecule has 36 heavy (non-hydrogen) atoms. The number of anilines is 1. The van der Waals surface area contributed by atoms with Crippen molar-refractivity contribution in [3.8, 4) is 0 Å². The molecule has 1 aromatic heterocycles. The van der Waals surface area contributed by atoms with Crippen LogP contribution < -0.4 is 15.6 Å². The predicted octanol–water partition coefficient (Wildman–Crippen LogP) is 5.38. The molecule has 1 aromatic carbocycles. The van der Waals surface area contributed by atoms with Gasteiger partial charge in [-0.3, -0.25) is 4.79 Å². The minimum Gasteiger partial charge on any atom is -0.497 e. The molecule has 7 nitrogen and oxygen atoms in total. The van der Waals surface area contributed by atoms with Crippen LogP contribution in [-0.2, 0) is 11.3 Å². The van der Waals surface area contributed by atoms with E-state index in [0.717, 1.165) is 17.2 Å². The second kappa shape index (κ2) is 16.1. The number of aromatic carboxylic acids is 1. The number of nitrogens with one attached hydrogen (secondary N) is 1. The zero-order valence-corrected chi connectivity index (χ0v) is 22.7. The normalized spacial score (nSPS) is 11.0. The van der Waals surface area contributed by atoms with E-state index in [-0.39, 0.29) is 11.1 Å². The van der Waals surface area contributed by atoms with E-state index in [0.29, 0.717) is 24.4 Å². The lowest BCUT2D eigenvalue weighted by Gasteiger charge is -2.22. The molecular formula is C28H40FN3O4. The molecule has 0 amide bonds. The molecule has 0 fully saturated rings. The summed E-state index contributed by atoms with van der Waals surface area (Å²) in [6, 6.07) is 2.67. The molecule has 0 unspecified atom stereocenters. The SMILES string of the molecule is C=C/C=C(\C)Cn1cc(C(=O)O)c(=O)c2cc(F)c(N(C)C/C(C)=C/C(=C)OC)cc21.CC.CNC. The van der Waals surface area contributed by atoms with Crippen molar-refractivity contribution < 1.29 is 19.0 Å². The molecule has 0 bridgehead atoms. The van der Waals surface area contributed by atoms with Gasteiger partial charge >= 0.3 is 5.97 Å². The molecule has 198 valence electrons. The summed E-state index contributed by atoms with van der Waals surface area (Å²) in [5, 5.41) is 12.2. The first kappa shape index (κ1) is 32.4. The number of ether oxygens (including phenoxy) is 1. The first-order valence-corrected chi connectivity index (χ1v) is 11.6. The van der Waals surface area contributed by atoms with Crippen LogP contribution in [0.15, 0.2) is 71.4 Å². The van der Waals surface area contributed by atoms with E-state index < -0.39 is 22.8 Å². The molecule has 2 aromatic rings. The average molecular weight is 502 g/mol. The van der Waals surface area contributed by atoms with Gasteiger partial charge in [0.15, 0.2) is 0 Å². The summed E-state index contributed by atoms with van der Waals surface area (Å²) in [6.07, 6.45) is 6.47. The van der Waals surface area contributed by atoms with E-state index in [9.17, 15) is 19.1 Å². The van der Waals surface area contributed by atoms with E-state index in [1.54, 1.807) is 40.8 Å². The number of carboxylic acids is 1. The second-order valence-corrected chi connectivity index (χ2v) is 7.89. The lowest BCUT2D eigenvalue weighted by molar-refractivity contribution is 0.0695. The van der Waals surface area contributed by atoms with E-state index in [2.05, 4.69) is 18.5 Å². The Hall–Kier alpha value is -3.65. The molecule has 0 atom stereocenters. The number of carbonyl (C=O) groups is 1. The molecule has 2 rings (SSSR count). The van der Waals surface area contributed by atoms with Crippen molar-refractivity contribution in [2.75, 3.05) is 39.7 Å². The first-order chi connectivity index (χ1) is 17.0. The third kappa shape index (κ3) is 9.19. The highest BCUT2D eigenvalue weighted by Crippen LogP contribution is 2.26. The summed E-state index contributed by atoms with van der Waals surface area (Å²) in [4.78, 5) is 25.9. The van der Waals surface area contributed by atoms with Crippen molar-refractivity contribution in [1.82, 2.24) is 9.88 Å². The largest absolute Gasteiger partial charge is 0.497 e. The molecule has 0 aliphatic heterocycles. The fourth-order valence-corrected chi connectivity index (χ4v) is 3.34. The number of aromatic nitrogens is 1.